The van der Waals surface area contributed by atoms with Crippen LogP contribution >= 0.6 is 11.3 Å². The van der Waals surface area contributed by atoms with Crippen LogP contribution in [-0.4, -0.2) is 53.5 Å². The second kappa shape index (κ2) is 7.97. The van der Waals surface area contributed by atoms with Crippen LogP contribution in [0.5, 0.6) is 5.75 Å². The van der Waals surface area contributed by atoms with Gasteiger partial charge < -0.3 is 9.64 Å². The van der Waals surface area contributed by atoms with Crippen LogP contribution in [0.1, 0.15) is 21.1 Å². The molecule has 3 rings (SSSR count). The van der Waals surface area contributed by atoms with Crippen LogP contribution in [0.3, 0.4) is 0 Å². The molecule has 1 aliphatic rings. The van der Waals surface area contributed by atoms with Gasteiger partial charge in [-0.05, 0) is 32.4 Å². The topological polar surface area (TPSA) is 45.7 Å². The number of thiazole rings is 1. The average Bonchev–Trinajstić information content (AvgIpc) is 2.92. The summed E-state index contributed by atoms with van der Waals surface area (Å²) in [6.45, 7) is 10.4. The van der Waals surface area contributed by atoms with Crippen LogP contribution in [-0.2, 0) is 11.3 Å². The number of amides is 1. The molecule has 134 valence electrons. The van der Waals surface area contributed by atoms with E-state index in [9.17, 15) is 4.79 Å². The average molecular weight is 359 g/mol. The Morgan fingerprint density at radius 3 is 2.52 bits per heavy atom. The molecule has 25 heavy (non-hydrogen) atoms. The van der Waals surface area contributed by atoms with Crippen LogP contribution in [0, 0.1) is 20.8 Å². The van der Waals surface area contributed by atoms with Gasteiger partial charge in [0.15, 0.2) is 6.61 Å². The van der Waals surface area contributed by atoms with E-state index in [2.05, 4.69) is 23.7 Å². The maximum absolute atomic E-state index is 12.4. The zero-order valence-electron chi connectivity index (χ0n) is 15.1. The first-order valence-corrected chi connectivity index (χ1v) is 9.46. The molecule has 1 aromatic heterocycles. The van der Waals surface area contributed by atoms with E-state index < -0.39 is 0 Å². The summed E-state index contributed by atoms with van der Waals surface area (Å²) in [6, 6.07) is 7.78. The van der Waals surface area contributed by atoms with Crippen molar-refractivity contribution in [2.24, 2.45) is 0 Å². The largest absolute Gasteiger partial charge is 0.484 e. The first kappa shape index (κ1) is 17.9. The molecule has 0 radical (unpaired) electrons. The van der Waals surface area contributed by atoms with E-state index >= 15 is 0 Å². The molecule has 2 heterocycles. The van der Waals surface area contributed by atoms with Gasteiger partial charge in [0.1, 0.15) is 10.8 Å². The molecule has 1 amide bonds. The fraction of sp³-hybridized carbons (Fsp3) is 0.474. The van der Waals surface area contributed by atoms with E-state index in [0.717, 1.165) is 54.7 Å². The minimum atomic E-state index is 0.0591. The zero-order chi connectivity index (χ0) is 17.8. The van der Waals surface area contributed by atoms with Gasteiger partial charge >= 0.3 is 0 Å². The van der Waals surface area contributed by atoms with Gasteiger partial charge in [-0.1, -0.05) is 18.2 Å². The van der Waals surface area contributed by atoms with Gasteiger partial charge in [0.05, 0.1) is 12.2 Å². The fourth-order valence-corrected chi connectivity index (χ4v) is 3.88. The lowest BCUT2D eigenvalue weighted by atomic mass is 10.2. The molecule has 0 saturated carbocycles. The van der Waals surface area contributed by atoms with Gasteiger partial charge in [0.2, 0.25) is 0 Å². The molecule has 0 bridgehead atoms. The lowest BCUT2D eigenvalue weighted by Crippen LogP contribution is -2.49. The summed E-state index contributed by atoms with van der Waals surface area (Å²) >= 11 is 1.77. The van der Waals surface area contributed by atoms with Crippen molar-refractivity contribution < 1.29 is 9.53 Å². The quantitative estimate of drug-likeness (QED) is 0.824. The van der Waals surface area contributed by atoms with Crippen molar-refractivity contribution in [3.63, 3.8) is 0 Å². The summed E-state index contributed by atoms with van der Waals surface area (Å²) in [6.07, 6.45) is 0. The molecule has 5 nitrogen and oxygen atoms in total. The molecule has 0 spiro atoms. The third-order valence-corrected chi connectivity index (χ3v) is 5.66. The highest BCUT2D eigenvalue weighted by Crippen LogP contribution is 2.19. The molecule has 1 fully saturated rings. The van der Waals surface area contributed by atoms with Crippen LogP contribution in [0.25, 0.3) is 0 Å². The molecule has 2 aromatic rings. The number of carbonyl (C=O) groups excluding carboxylic acids is 1. The Morgan fingerprint density at radius 2 is 1.88 bits per heavy atom. The number of hydrogen-bond acceptors (Lipinski definition) is 5. The summed E-state index contributed by atoms with van der Waals surface area (Å²) < 4.78 is 5.68. The molecule has 0 aliphatic carbocycles. The zero-order valence-corrected chi connectivity index (χ0v) is 15.9. The van der Waals surface area contributed by atoms with Crippen molar-refractivity contribution in [3.8, 4) is 5.75 Å². The van der Waals surface area contributed by atoms with Crippen LogP contribution in [0.4, 0.5) is 0 Å². The molecule has 0 unspecified atom stereocenters. The number of carbonyl (C=O) groups is 1. The Morgan fingerprint density at radius 1 is 1.16 bits per heavy atom. The first-order chi connectivity index (χ1) is 12.0. The lowest BCUT2D eigenvalue weighted by molar-refractivity contribution is -0.135. The Bertz CT molecular complexity index is 717. The second-order valence-electron chi connectivity index (χ2n) is 6.46. The second-order valence-corrected chi connectivity index (χ2v) is 7.75. The van der Waals surface area contributed by atoms with E-state index in [1.54, 1.807) is 11.3 Å². The molecule has 0 N–H and O–H groups in total. The Hall–Kier alpha value is -1.92. The van der Waals surface area contributed by atoms with Crippen LogP contribution in [0.2, 0.25) is 0 Å². The normalized spacial score (nSPS) is 15.4. The predicted molar refractivity (Wildman–Crippen MR) is 100 cm³/mol. The number of aryl methyl sites for hydroxylation is 3. The van der Waals surface area contributed by atoms with Crippen molar-refractivity contribution in [3.05, 3.63) is 45.4 Å². The van der Waals surface area contributed by atoms with Gasteiger partial charge in [-0.15, -0.1) is 11.3 Å². The number of benzene rings is 1. The molecule has 1 aliphatic heterocycles. The fourth-order valence-electron chi connectivity index (χ4n) is 2.90. The number of nitrogens with zero attached hydrogens (tertiary/aromatic N) is 3. The maximum atomic E-state index is 12.4. The number of rotatable bonds is 5. The first-order valence-electron chi connectivity index (χ1n) is 8.64. The van der Waals surface area contributed by atoms with Crippen LogP contribution < -0.4 is 4.74 Å². The van der Waals surface area contributed by atoms with E-state index in [-0.39, 0.29) is 12.5 Å². The minimum absolute atomic E-state index is 0.0591. The van der Waals surface area contributed by atoms with Crippen molar-refractivity contribution in [1.29, 1.82) is 0 Å². The number of piperazine rings is 1. The molecule has 0 atom stereocenters. The van der Waals surface area contributed by atoms with Gasteiger partial charge in [-0.25, -0.2) is 4.98 Å². The summed E-state index contributed by atoms with van der Waals surface area (Å²) in [5.41, 5.74) is 2.18. The number of para-hydroxylation sites is 1. The highest BCUT2D eigenvalue weighted by atomic mass is 32.1. The Kier molecular flexibility index (Phi) is 5.71. The van der Waals surface area contributed by atoms with E-state index in [1.807, 2.05) is 36.1 Å². The van der Waals surface area contributed by atoms with Crippen molar-refractivity contribution in [2.75, 3.05) is 32.8 Å². The molecule has 1 saturated heterocycles. The third kappa shape index (κ3) is 4.58. The van der Waals surface area contributed by atoms with E-state index in [1.165, 1.54) is 4.88 Å². The van der Waals surface area contributed by atoms with Crippen LogP contribution in [0.15, 0.2) is 24.3 Å². The number of ether oxygens (including phenoxy) is 1. The van der Waals surface area contributed by atoms with E-state index in [0.29, 0.717) is 0 Å². The minimum Gasteiger partial charge on any atom is -0.484 e. The van der Waals surface area contributed by atoms with Crippen molar-refractivity contribution in [2.45, 2.75) is 27.3 Å². The Balaban J connectivity index is 1.45. The highest BCUT2D eigenvalue weighted by molar-refractivity contribution is 7.11. The summed E-state index contributed by atoms with van der Waals surface area (Å²) in [5, 5.41) is 1.16. The van der Waals surface area contributed by atoms with Gasteiger partial charge in [0, 0.05) is 31.1 Å². The highest BCUT2D eigenvalue weighted by Gasteiger charge is 2.22. The van der Waals surface area contributed by atoms with Crippen molar-refractivity contribution >= 4 is 17.2 Å². The third-order valence-electron chi connectivity index (χ3n) is 4.60. The molecular formula is C19H25N3O2S. The Labute approximate surface area is 153 Å². The van der Waals surface area contributed by atoms with Gasteiger partial charge in [-0.2, -0.15) is 0 Å². The number of hydrogen-bond donors (Lipinski definition) is 0. The summed E-state index contributed by atoms with van der Waals surface area (Å²) in [5.74, 6) is 0.841. The summed E-state index contributed by atoms with van der Waals surface area (Å²) in [7, 11) is 0. The van der Waals surface area contributed by atoms with Gasteiger partial charge in [-0.3, -0.25) is 9.69 Å². The smallest absolute Gasteiger partial charge is 0.260 e. The lowest BCUT2D eigenvalue weighted by Gasteiger charge is -2.34. The molecule has 6 heteroatoms. The predicted octanol–water partition coefficient (Wildman–Crippen LogP) is 2.79. The molecular weight excluding hydrogens is 334 g/mol. The van der Waals surface area contributed by atoms with Crippen molar-refractivity contribution in [1.82, 2.24) is 14.8 Å². The standard InChI is InChI=1S/C19H25N3O2S/c1-14-6-4-5-7-17(14)24-13-19(23)22-10-8-21(9-11-22)12-18-20-15(2)16(3)25-18/h4-7H,8-13H2,1-3H3. The monoisotopic (exact) mass is 359 g/mol. The van der Waals surface area contributed by atoms with E-state index in [4.69, 9.17) is 4.74 Å². The number of aromatic nitrogens is 1. The molecule has 1 aromatic carbocycles. The van der Waals surface area contributed by atoms with Gasteiger partial charge in [0.25, 0.3) is 5.91 Å². The maximum Gasteiger partial charge on any atom is 0.260 e. The SMILES string of the molecule is Cc1ccccc1OCC(=O)N1CCN(Cc2nc(C)c(C)s2)CC1. The summed E-state index contributed by atoms with van der Waals surface area (Å²) in [4.78, 5) is 22.5.